The van der Waals surface area contributed by atoms with Crippen LogP contribution in [0.2, 0.25) is 0 Å². The molecule has 3 heteroatoms. The molecule has 1 aliphatic carbocycles. The molecule has 174 valence electrons. The zero-order valence-corrected chi connectivity index (χ0v) is 20.9. The molecule has 2 aliphatic rings. The van der Waals surface area contributed by atoms with Gasteiger partial charge in [-0.1, -0.05) is 110 Å². The summed E-state index contributed by atoms with van der Waals surface area (Å²) in [6, 6.07) is 41.6. The van der Waals surface area contributed by atoms with Crippen LogP contribution in [0.25, 0.3) is 5.57 Å². The van der Waals surface area contributed by atoms with Crippen molar-refractivity contribution < 1.29 is 4.57 Å². The molecule has 1 spiro atoms. The number of nitrogens with zero attached hydrogens (tertiary/aromatic N) is 1. The number of allylic oxidation sites excluding steroid dienone is 1. The van der Waals surface area contributed by atoms with E-state index in [9.17, 15) is 0 Å². The van der Waals surface area contributed by atoms with Crippen LogP contribution in [0.1, 0.15) is 30.5 Å². The maximum absolute atomic E-state index is 15.4. The van der Waals surface area contributed by atoms with Crippen molar-refractivity contribution in [3.63, 3.8) is 0 Å². The Bertz CT molecular complexity index is 1340. The molecule has 0 bridgehead atoms. The summed E-state index contributed by atoms with van der Waals surface area (Å²) in [7, 11) is -3.08. The molecule has 0 amide bonds. The van der Waals surface area contributed by atoms with E-state index in [1.165, 1.54) is 16.7 Å². The monoisotopic (exact) mass is 475 g/mol. The van der Waals surface area contributed by atoms with Gasteiger partial charge in [0.1, 0.15) is 0 Å². The zero-order chi connectivity index (χ0) is 23.9. The van der Waals surface area contributed by atoms with E-state index < -0.39 is 7.29 Å². The van der Waals surface area contributed by atoms with Gasteiger partial charge in [-0.15, -0.1) is 0 Å². The lowest BCUT2D eigenvalue weighted by Gasteiger charge is -2.47. The van der Waals surface area contributed by atoms with Crippen molar-refractivity contribution in [2.24, 2.45) is 11.3 Å². The summed E-state index contributed by atoms with van der Waals surface area (Å²) in [6.45, 7) is 3.13. The molecule has 1 fully saturated rings. The predicted molar refractivity (Wildman–Crippen MR) is 146 cm³/mol. The van der Waals surface area contributed by atoms with Gasteiger partial charge in [-0.3, -0.25) is 4.57 Å². The minimum absolute atomic E-state index is 0.0393. The Balaban J connectivity index is 1.54. The fourth-order valence-electron chi connectivity index (χ4n) is 6.16. The Morgan fingerprint density at radius 2 is 1.17 bits per heavy atom. The standard InChI is InChI=1S/C32H30NOP/c1-25-24-33(35(34,29-18-10-4-11-19-29)30-20-12-5-13-21-30)31(27-16-8-3-9-17-27)32(25)22-28(23-32)26-14-6-2-7-15-26/h2-22,25,31H,23-24H2,1H3/t25-,31+,32+/m0/s1. The van der Waals surface area contributed by atoms with Crippen LogP contribution in [0, 0.1) is 11.3 Å². The second-order valence-electron chi connectivity index (χ2n) is 9.91. The van der Waals surface area contributed by atoms with Crippen molar-refractivity contribution in [2.45, 2.75) is 19.4 Å². The quantitative estimate of drug-likeness (QED) is 0.288. The van der Waals surface area contributed by atoms with Crippen molar-refractivity contribution in [1.82, 2.24) is 4.67 Å². The van der Waals surface area contributed by atoms with Crippen molar-refractivity contribution in [2.75, 3.05) is 6.54 Å². The van der Waals surface area contributed by atoms with Gasteiger partial charge in [0, 0.05) is 22.6 Å². The molecule has 6 rings (SSSR count). The average Bonchev–Trinajstić information content (AvgIpc) is 3.22. The fourth-order valence-corrected chi connectivity index (χ4v) is 9.35. The third-order valence-corrected chi connectivity index (χ3v) is 11.1. The molecule has 0 radical (unpaired) electrons. The molecule has 3 atom stereocenters. The van der Waals surface area contributed by atoms with Crippen molar-refractivity contribution in [3.8, 4) is 0 Å². The lowest BCUT2D eigenvalue weighted by molar-refractivity contribution is 0.223. The van der Waals surface area contributed by atoms with Gasteiger partial charge < -0.3 is 0 Å². The van der Waals surface area contributed by atoms with E-state index >= 15 is 4.57 Å². The highest BCUT2D eigenvalue weighted by Crippen LogP contribution is 2.68. The van der Waals surface area contributed by atoms with Gasteiger partial charge in [0.15, 0.2) is 0 Å². The third kappa shape index (κ3) is 3.56. The molecular weight excluding hydrogens is 445 g/mol. The van der Waals surface area contributed by atoms with Crippen molar-refractivity contribution in [1.29, 1.82) is 0 Å². The molecular formula is C32H30NOP. The van der Waals surface area contributed by atoms with Crippen LogP contribution in [0.15, 0.2) is 127 Å². The largest absolute Gasteiger partial charge is 0.296 e. The highest BCUT2D eigenvalue weighted by atomic mass is 31.2. The van der Waals surface area contributed by atoms with Crippen LogP contribution in [-0.2, 0) is 4.57 Å². The van der Waals surface area contributed by atoms with Crippen molar-refractivity contribution >= 4 is 23.5 Å². The first kappa shape index (κ1) is 22.3. The van der Waals surface area contributed by atoms with E-state index in [0.29, 0.717) is 5.92 Å². The zero-order valence-electron chi connectivity index (χ0n) is 20.0. The number of rotatable bonds is 5. The number of hydrogen-bond acceptors (Lipinski definition) is 1. The van der Waals surface area contributed by atoms with E-state index in [2.05, 4.69) is 78.3 Å². The average molecular weight is 476 g/mol. The summed E-state index contributed by atoms with van der Waals surface area (Å²) in [4.78, 5) is 0. The predicted octanol–water partition coefficient (Wildman–Crippen LogP) is 7.08. The maximum Gasteiger partial charge on any atom is 0.207 e. The van der Waals surface area contributed by atoms with Gasteiger partial charge in [-0.25, -0.2) is 4.67 Å². The van der Waals surface area contributed by atoms with Gasteiger partial charge in [0.25, 0.3) is 0 Å². The maximum atomic E-state index is 15.4. The molecule has 0 N–H and O–H groups in total. The van der Waals surface area contributed by atoms with E-state index in [4.69, 9.17) is 0 Å². The van der Waals surface area contributed by atoms with Crippen LogP contribution < -0.4 is 10.6 Å². The van der Waals surface area contributed by atoms with Gasteiger partial charge >= 0.3 is 0 Å². The fraction of sp³-hybridized carbons (Fsp3) is 0.188. The topological polar surface area (TPSA) is 20.3 Å². The minimum atomic E-state index is -3.08. The second-order valence-corrected chi connectivity index (χ2v) is 12.6. The van der Waals surface area contributed by atoms with Gasteiger partial charge in [0.05, 0.1) is 6.04 Å². The molecule has 4 aromatic carbocycles. The Labute approximate surface area is 208 Å². The molecule has 1 heterocycles. The summed E-state index contributed by atoms with van der Waals surface area (Å²) in [5.74, 6) is 0.376. The number of benzene rings is 4. The van der Waals surface area contributed by atoms with Crippen molar-refractivity contribution in [3.05, 3.63) is 139 Å². The molecule has 0 unspecified atom stereocenters. The highest BCUT2D eigenvalue weighted by molar-refractivity contribution is 7.76. The third-order valence-electron chi connectivity index (χ3n) is 7.96. The molecule has 0 aromatic heterocycles. The Kier molecular flexibility index (Phi) is 5.60. The molecule has 2 nitrogen and oxygen atoms in total. The SMILES string of the molecule is C[C@H]1CN(P(=O)(c2ccccc2)c2ccccc2)[C@H](c2ccccc2)[C@@]12C=C(c1ccccc1)C2. The summed E-state index contributed by atoms with van der Waals surface area (Å²) < 4.78 is 17.8. The lowest BCUT2D eigenvalue weighted by atomic mass is 9.59. The van der Waals surface area contributed by atoms with Gasteiger partial charge in [-0.2, -0.15) is 0 Å². The molecule has 4 aromatic rings. The summed E-state index contributed by atoms with van der Waals surface area (Å²) in [5.41, 5.74) is 3.89. The highest BCUT2D eigenvalue weighted by Gasteiger charge is 2.59. The normalized spacial score (nSPS) is 24.2. The van der Waals surface area contributed by atoms with Crippen LogP contribution in [-0.4, -0.2) is 11.2 Å². The lowest BCUT2D eigenvalue weighted by Crippen LogP contribution is -2.39. The van der Waals surface area contributed by atoms with E-state index in [0.717, 1.165) is 23.6 Å². The minimum Gasteiger partial charge on any atom is -0.296 e. The molecule has 35 heavy (non-hydrogen) atoms. The van der Waals surface area contributed by atoms with E-state index in [1.54, 1.807) is 0 Å². The Morgan fingerprint density at radius 3 is 1.69 bits per heavy atom. The Hall–Kier alpha value is -3.19. The smallest absolute Gasteiger partial charge is 0.207 e. The first-order valence-electron chi connectivity index (χ1n) is 12.4. The van der Waals surface area contributed by atoms with Crippen LogP contribution in [0.4, 0.5) is 0 Å². The number of hydrogen-bond donors (Lipinski definition) is 0. The summed E-state index contributed by atoms with van der Waals surface area (Å²) >= 11 is 0. The van der Waals surface area contributed by atoms with Crippen LogP contribution >= 0.6 is 7.29 Å². The van der Waals surface area contributed by atoms with E-state index in [1.807, 2.05) is 60.7 Å². The molecule has 1 aliphatic heterocycles. The molecule has 1 saturated heterocycles. The summed E-state index contributed by atoms with van der Waals surface area (Å²) in [5, 5.41) is 1.81. The van der Waals surface area contributed by atoms with E-state index in [-0.39, 0.29) is 11.5 Å². The second kappa shape index (κ2) is 8.79. The van der Waals surface area contributed by atoms with Crippen LogP contribution in [0.3, 0.4) is 0 Å². The first-order valence-corrected chi connectivity index (χ1v) is 14.1. The van der Waals surface area contributed by atoms with Gasteiger partial charge in [-0.05, 0) is 53.3 Å². The van der Waals surface area contributed by atoms with Gasteiger partial charge in [0.2, 0.25) is 7.29 Å². The summed E-state index contributed by atoms with van der Waals surface area (Å²) in [6.07, 6.45) is 3.49. The first-order chi connectivity index (χ1) is 17.1. The van der Waals surface area contributed by atoms with Crippen LogP contribution in [0.5, 0.6) is 0 Å². The Morgan fingerprint density at radius 1 is 0.714 bits per heavy atom. The molecule has 0 saturated carbocycles.